The molecule has 0 unspecified atom stereocenters. The number of hydrogen-bond donors (Lipinski definition) is 1. The maximum absolute atomic E-state index is 13.3. The fourth-order valence-electron chi connectivity index (χ4n) is 4.32. The van der Waals surface area contributed by atoms with Gasteiger partial charge in [0.15, 0.2) is 0 Å². The zero-order valence-corrected chi connectivity index (χ0v) is 18.4. The number of nitrogens with zero attached hydrogens (tertiary/aromatic N) is 3. The highest BCUT2D eigenvalue weighted by molar-refractivity contribution is 5.95. The summed E-state index contributed by atoms with van der Waals surface area (Å²) in [6.07, 6.45) is 1.71. The van der Waals surface area contributed by atoms with E-state index in [0.29, 0.717) is 11.1 Å². The number of nitrogens with one attached hydrogen (secondary N) is 1. The number of anilines is 1. The van der Waals surface area contributed by atoms with Gasteiger partial charge in [0.2, 0.25) is 5.91 Å². The molecule has 158 valence electrons. The molecule has 0 spiro atoms. The molecule has 0 radical (unpaired) electrons. The molecule has 0 aliphatic rings. The quantitative estimate of drug-likeness (QED) is 0.530. The molecule has 0 bridgehead atoms. The molecule has 1 atom stereocenters. The zero-order valence-electron chi connectivity index (χ0n) is 18.4. The standard InChI is InChI=1S/C25H26N4O2/c1-15-11-16(2)13-20(12-15)27-24(30)19(5)28-17(3)22-14-26-29(21-9-7-6-8-10-21)25(31)23(22)18(28)4/h6-14,19H,1-5H3,(H,27,30)/t19-/m0/s1. The Kier molecular flexibility index (Phi) is 5.23. The van der Waals surface area contributed by atoms with Crippen molar-refractivity contribution in [3.8, 4) is 5.69 Å². The number of rotatable bonds is 4. The lowest BCUT2D eigenvalue weighted by Gasteiger charge is -2.18. The van der Waals surface area contributed by atoms with E-state index in [1.165, 1.54) is 4.68 Å². The second-order valence-electron chi connectivity index (χ2n) is 8.07. The first kappa shape index (κ1) is 20.6. The predicted molar refractivity (Wildman–Crippen MR) is 124 cm³/mol. The molecule has 2 aromatic heterocycles. The van der Waals surface area contributed by atoms with Gasteiger partial charge in [0, 0.05) is 22.5 Å². The van der Waals surface area contributed by atoms with E-state index in [0.717, 1.165) is 33.6 Å². The van der Waals surface area contributed by atoms with Crippen LogP contribution < -0.4 is 10.9 Å². The lowest BCUT2D eigenvalue weighted by atomic mass is 10.1. The minimum atomic E-state index is -0.488. The summed E-state index contributed by atoms with van der Waals surface area (Å²) >= 11 is 0. The molecule has 4 aromatic rings. The maximum Gasteiger partial charge on any atom is 0.281 e. The largest absolute Gasteiger partial charge is 0.336 e. The van der Waals surface area contributed by atoms with Crippen LogP contribution in [0.25, 0.3) is 16.5 Å². The summed E-state index contributed by atoms with van der Waals surface area (Å²) in [6, 6.07) is 14.8. The van der Waals surface area contributed by atoms with Gasteiger partial charge >= 0.3 is 0 Å². The van der Waals surface area contributed by atoms with Gasteiger partial charge in [-0.2, -0.15) is 9.78 Å². The smallest absolute Gasteiger partial charge is 0.281 e. The number of fused-ring (bicyclic) bond motifs is 1. The van der Waals surface area contributed by atoms with Crippen molar-refractivity contribution in [2.24, 2.45) is 0 Å². The summed E-state index contributed by atoms with van der Waals surface area (Å²) < 4.78 is 3.32. The Labute approximate surface area is 181 Å². The van der Waals surface area contributed by atoms with E-state index < -0.39 is 6.04 Å². The number of amides is 1. The van der Waals surface area contributed by atoms with Crippen molar-refractivity contribution in [2.45, 2.75) is 40.7 Å². The lowest BCUT2D eigenvalue weighted by molar-refractivity contribution is -0.118. The van der Waals surface area contributed by atoms with Crippen molar-refractivity contribution >= 4 is 22.4 Å². The molecule has 31 heavy (non-hydrogen) atoms. The summed E-state index contributed by atoms with van der Waals surface area (Å²) in [5.41, 5.74) is 5.08. The molecular formula is C25H26N4O2. The van der Waals surface area contributed by atoms with Crippen molar-refractivity contribution in [1.82, 2.24) is 14.3 Å². The number of carbonyl (C=O) groups excluding carboxylic acids is 1. The Balaban J connectivity index is 1.76. The first-order chi connectivity index (χ1) is 14.8. The van der Waals surface area contributed by atoms with Crippen LogP contribution >= 0.6 is 0 Å². The molecule has 4 rings (SSSR count). The van der Waals surface area contributed by atoms with Crippen LogP contribution in [0.15, 0.2) is 59.5 Å². The third-order valence-corrected chi connectivity index (χ3v) is 5.71. The number of aryl methyl sites for hydroxylation is 4. The summed E-state index contributed by atoms with van der Waals surface area (Å²) in [7, 11) is 0. The Morgan fingerprint density at radius 2 is 1.61 bits per heavy atom. The number of aromatic nitrogens is 3. The highest BCUT2D eigenvalue weighted by atomic mass is 16.2. The van der Waals surface area contributed by atoms with Crippen LogP contribution in [0.1, 0.15) is 35.5 Å². The van der Waals surface area contributed by atoms with Gasteiger partial charge < -0.3 is 9.88 Å². The van der Waals surface area contributed by atoms with Gasteiger partial charge in [0.1, 0.15) is 6.04 Å². The van der Waals surface area contributed by atoms with E-state index >= 15 is 0 Å². The minimum Gasteiger partial charge on any atom is -0.336 e. The topological polar surface area (TPSA) is 68.9 Å². The SMILES string of the molecule is Cc1cc(C)cc(NC(=O)[C@H](C)n2c(C)c3cnn(-c4ccccc4)c(=O)c3c2C)c1. The third kappa shape index (κ3) is 3.65. The monoisotopic (exact) mass is 414 g/mol. The molecule has 0 aliphatic carbocycles. The van der Waals surface area contributed by atoms with Crippen LogP contribution in [0.4, 0.5) is 5.69 Å². The van der Waals surface area contributed by atoms with Gasteiger partial charge in [-0.05, 0) is 70.0 Å². The molecule has 0 aliphatic heterocycles. The predicted octanol–water partition coefficient (Wildman–Crippen LogP) is 4.62. The van der Waals surface area contributed by atoms with Crippen LogP contribution in [-0.2, 0) is 4.79 Å². The second-order valence-corrected chi connectivity index (χ2v) is 8.07. The molecule has 6 heteroatoms. The van der Waals surface area contributed by atoms with E-state index in [9.17, 15) is 9.59 Å². The van der Waals surface area contributed by atoms with E-state index in [1.54, 1.807) is 6.20 Å². The average Bonchev–Trinajstić information content (AvgIpc) is 2.98. The number of para-hydroxylation sites is 1. The molecule has 0 saturated heterocycles. The van der Waals surface area contributed by atoms with Crippen molar-refractivity contribution in [1.29, 1.82) is 0 Å². The second kappa shape index (κ2) is 7.87. The third-order valence-electron chi connectivity index (χ3n) is 5.71. The minimum absolute atomic E-state index is 0.132. The Morgan fingerprint density at radius 3 is 2.26 bits per heavy atom. The van der Waals surface area contributed by atoms with Crippen LogP contribution in [-0.4, -0.2) is 20.3 Å². The fraction of sp³-hybridized carbons (Fsp3) is 0.240. The normalized spacial score (nSPS) is 12.2. The van der Waals surface area contributed by atoms with Crippen molar-refractivity contribution in [3.63, 3.8) is 0 Å². The van der Waals surface area contributed by atoms with Crippen molar-refractivity contribution in [3.05, 3.63) is 87.6 Å². The fourth-order valence-corrected chi connectivity index (χ4v) is 4.32. The highest BCUT2D eigenvalue weighted by Crippen LogP contribution is 2.27. The average molecular weight is 415 g/mol. The molecule has 2 aromatic carbocycles. The summed E-state index contributed by atoms with van der Waals surface area (Å²) in [6.45, 7) is 9.66. The van der Waals surface area contributed by atoms with E-state index in [1.807, 2.05) is 81.7 Å². The Bertz CT molecular complexity index is 1330. The van der Waals surface area contributed by atoms with Crippen molar-refractivity contribution in [2.75, 3.05) is 5.32 Å². The van der Waals surface area contributed by atoms with Crippen LogP contribution in [0.5, 0.6) is 0 Å². The van der Waals surface area contributed by atoms with Gasteiger partial charge in [-0.1, -0.05) is 24.3 Å². The van der Waals surface area contributed by atoms with Crippen LogP contribution in [0, 0.1) is 27.7 Å². The molecule has 1 amide bonds. The zero-order chi connectivity index (χ0) is 22.3. The summed E-state index contributed by atoms with van der Waals surface area (Å²) in [4.78, 5) is 26.3. The van der Waals surface area contributed by atoms with E-state index in [2.05, 4.69) is 16.5 Å². The van der Waals surface area contributed by atoms with Crippen molar-refractivity contribution < 1.29 is 4.79 Å². The molecule has 1 N–H and O–H groups in total. The number of hydrogen-bond acceptors (Lipinski definition) is 3. The van der Waals surface area contributed by atoms with Gasteiger partial charge in [-0.25, -0.2) is 0 Å². The molecule has 0 saturated carbocycles. The van der Waals surface area contributed by atoms with Gasteiger partial charge in [-0.3, -0.25) is 9.59 Å². The van der Waals surface area contributed by atoms with E-state index in [4.69, 9.17) is 0 Å². The molecule has 6 nitrogen and oxygen atoms in total. The van der Waals surface area contributed by atoms with Crippen LogP contribution in [0.3, 0.4) is 0 Å². The number of carbonyl (C=O) groups is 1. The molecular weight excluding hydrogens is 388 g/mol. The highest BCUT2D eigenvalue weighted by Gasteiger charge is 2.24. The molecule has 2 heterocycles. The Hall–Kier alpha value is -3.67. The Morgan fingerprint density at radius 1 is 0.968 bits per heavy atom. The summed E-state index contributed by atoms with van der Waals surface area (Å²) in [5.74, 6) is -0.132. The first-order valence-corrected chi connectivity index (χ1v) is 10.3. The van der Waals surface area contributed by atoms with Gasteiger partial charge in [0.05, 0.1) is 17.3 Å². The van der Waals surface area contributed by atoms with E-state index in [-0.39, 0.29) is 11.5 Å². The first-order valence-electron chi connectivity index (χ1n) is 10.3. The van der Waals surface area contributed by atoms with Gasteiger partial charge in [0.25, 0.3) is 5.56 Å². The maximum atomic E-state index is 13.3. The lowest BCUT2D eigenvalue weighted by Crippen LogP contribution is -2.25. The van der Waals surface area contributed by atoms with Gasteiger partial charge in [-0.15, -0.1) is 0 Å². The summed E-state index contributed by atoms with van der Waals surface area (Å²) in [5, 5.41) is 8.74. The number of benzene rings is 2. The van der Waals surface area contributed by atoms with Crippen LogP contribution in [0.2, 0.25) is 0 Å². The molecule has 0 fully saturated rings.